The summed E-state index contributed by atoms with van der Waals surface area (Å²) in [6, 6.07) is 15.7. The zero-order valence-electron chi connectivity index (χ0n) is 15.4. The SMILES string of the molecule is CC[C@@H](Oc1ccccc1C)C(=O)Nc1ccc(N2CCOCC2)cc1. The molecule has 1 aliphatic rings. The number of hydrogen-bond donors (Lipinski definition) is 1. The van der Waals surface area contributed by atoms with Gasteiger partial charge in [0, 0.05) is 24.5 Å². The number of anilines is 2. The number of morpholine rings is 1. The zero-order chi connectivity index (χ0) is 18.4. The molecule has 2 aromatic carbocycles. The van der Waals surface area contributed by atoms with E-state index in [2.05, 4.69) is 10.2 Å². The third-order valence-electron chi connectivity index (χ3n) is 4.54. The Morgan fingerprint density at radius 2 is 1.85 bits per heavy atom. The Balaban J connectivity index is 1.61. The number of carbonyl (C=O) groups excluding carboxylic acids is 1. The minimum Gasteiger partial charge on any atom is -0.480 e. The number of para-hydroxylation sites is 1. The molecule has 3 rings (SSSR count). The van der Waals surface area contributed by atoms with Crippen molar-refractivity contribution in [1.82, 2.24) is 0 Å². The highest BCUT2D eigenvalue weighted by atomic mass is 16.5. The lowest BCUT2D eigenvalue weighted by Gasteiger charge is -2.29. The van der Waals surface area contributed by atoms with E-state index in [-0.39, 0.29) is 5.91 Å². The van der Waals surface area contributed by atoms with E-state index in [0.29, 0.717) is 6.42 Å². The third-order valence-corrected chi connectivity index (χ3v) is 4.54. The van der Waals surface area contributed by atoms with Crippen LogP contribution < -0.4 is 15.0 Å². The number of nitrogens with one attached hydrogen (secondary N) is 1. The maximum atomic E-state index is 12.6. The lowest BCUT2D eigenvalue weighted by atomic mass is 10.2. The van der Waals surface area contributed by atoms with E-state index in [9.17, 15) is 4.79 Å². The summed E-state index contributed by atoms with van der Waals surface area (Å²) >= 11 is 0. The summed E-state index contributed by atoms with van der Waals surface area (Å²) in [6.07, 6.45) is 0.0847. The van der Waals surface area contributed by atoms with Crippen molar-refractivity contribution < 1.29 is 14.3 Å². The standard InChI is InChI=1S/C21H26N2O3/c1-3-19(26-20-7-5-4-6-16(20)2)21(24)22-17-8-10-18(11-9-17)23-12-14-25-15-13-23/h4-11,19H,3,12-15H2,1-2H3,(H,22,24)/t19-/m1/s1. The van der Waals surface area contributed by atoms with Crippen LogP contribution in [0.5, 0.6) is 5.75 Å². The lowest BCUT2D eigenvalue weighted by molar-refractivity contribution is -0.122. The Morgan fingerprint density at radius 1 is 1.15 bits per heavy atom. The summed E-state index contributed by atoms with van der Waals surface area (Å²) in [4.78, 5) is 14.9. The lowest BCUT2D eigenvalue weighted by Crippen LogP contribution is -2.36. The largest absolute Gasteiger partial charge is 0.480 e. The van der Waals surface area contributed by atoms with Crippen LogP contribution in [0.1, 0.15) is 18.9 Å². The van der Waals surface area contributed by atoms with Gasteiger partial charge in [0.2, 0.25) is 0 Å². The summed E-state index contributed by atoms with van der Waals surface area (Å²) in [5.74, 6) is 0.618. The van der Waals surface area contributed by atoms with Gasteiger partial charge >= 0.3 is 0 Å². The maximum Gasteiger partial charge on any atom is 0.265 e. The molecule has 138 valence electrons. The zero-order valence-corrected chi connectivity index (χ0v) is 15.4. The number of benzene rings is 2. The van der Waals surface area contributed by atoms with Crippen LogP contribution in [0.15, 0.2) is 48.5 Å². The molecule has 0 bridgehead atoms. The molecule has 1 aliphatic heterocycles. The van der Waals surface area contributed by atoms with Gasteiger partial charge < -0.3 is 19.7 Å². The second-order valence-corrected chi connectivity index (χ2v) is 6.42. The molecule has 1 atom stereocenters. The monoisotopic (exact) mass is 354 g/mol. The molecule has 1 N–H and O–H groups in total. The molecule has 5 heteroatoms. The van der Waals surface area contributed by atoms with Gasteiger partial charge in [-0.15, -0.1) is 0 Å². The van der Waals surface area contributed by atoms with Crippen LogP contribution >= 0.6 is 0 Å². The summed E-state index contributed by atoms with van der Waals surface area (Å²) in [5.41, 5.74) is 2.95. The van der Waals surface area contributed by atoms with Gasteiger partial charge in [-0.3, -0.25) is 4.79 Å². The van der Waals surface area contributed by atoms with Crippen LogP contribution in [0.4, 0.5) is 11.4 Å². The van der Waals surface area contributed by atoms with E-state index in [1.165, 1.54) is 0 Å². The normalized spacial score (nSPS) is 15.4. The molecule has 2 aromatic rings. The number of carbonyl (C=O) groups is 1. The van der Waals surface area contributed by atoms with Crippen molar-refractivity contribution in [2.45, 2.75) is 26.4 Å². The smallest absolute Gasteiger partial charge is 0.265 e. The average molecular weight is 354 g/mol. The summed E-state index contributed by atoms with van der Waals surface area (Å²) in [5, 5.41) is 2.96. The number of amides is 1. The summed E-state index contributed by atoms with van der Waals surface area (Å²) in [7, 11) is 0. The fraction of sp³-hybridized carbons (Fsp3) is 0.381. The van der Waals surface area contributed by atoms with Gasteiger partial charge in [0.05, 0.1) is 13.2 Å². The van der Waals surface area contributed by atoms with Crippen LogP contribution in [-0.2, 0) is 9.53 Å². The van der Waals surface area contributed by atoms with Gasteiger partial charge in [0.15, 0.2) is 6.10 Å². The molecule has 0 aromatic heterocycles. The first kappa shape index (κ1) is 18.3. The highest BCUT2D eigenvalue weighted by Gasteiger charge is 2.19. The van der Waals surface area contributed by atoms with Crippen molar-refractivity contribution in [2.24, 2.45) is 0 Å². The first-order valence-electron chi connectivity index (χ1n) is 9.13. The molecule has 0 saturated carbocycles. The first-order valence-corrected chi connectivity index (χ1v) is 9.13. The molecule has 1 amide bonds. The summed E-state index contributed by atoms with van der Waals surface area (Å²) < 4.78 is 11.3. The molecule has 0 aliphatic carbocycles. The quantitative estimate of drug-likeness (QED) is 0.861. The minimum absolute atomic E-state index is 0.130. The van der Waals surface area contributed by atoms with Gasteiger partial charge in [-0.05, 0) is 49.2 Å². The number of nitrogens with zero attached hydrogens (tertiary/aromatic N) is 1. The van der Waals surface area contributed by atoms with E-state index in [0.717, 1.165) is 49.0 Å². The van der Waals surface area contributed by atoms with Crippen molar-refractivity contribution in [2.75, 3.05) is 36.5 Å². The maximum absolute atomic E-state index is 12.6. The Hall–Kier alpha value is -2.53. The first-order chi connectivity index (χ1) is 12.7. The molecule has 1 saturated heterocycles. The second kappa shape index (κ2) is 8.72. The van der Waals surface area contributed by atoms with Crippen molar-refractivity contribution in [3.8, 4) is 5.75 Å². The van der Waals surface area contributed by atoms with Crippen molar-refractivity contribution in [3.05, 3.63) is 54.1 Å². The molecule has 0 radical (unpaired) electrons. The van der Waals surface area contributed by atoms with E-state index in [4.69, 9.17) is 9.47 Å². The fourth-order valence-corrected chi connectivity index (χ4v) is 2.96. The van der Waals surface area contributed by atoms with E-state index in [1.807, 2.05) is 62.4 Å². The summed E-state index contributed by atoms with van der Waals surface area (Å²) in [6.45, 7) is 7.23. The van der Waals surface area contributed by atoms with Crippen LogP contribution in [-0.4, -0.2) is 38.3 Å². The van der Waals surface area contributed by atoms with E-state index >= 15 is 0 Å². The van der Waals surface area contributed by atoms with Crippen molar-refractivity contribution in [3.63, 3.8) is 0 Å². The van der Waals surface area contributed by atoms with Gasteiger partial charge in [0.25, 0.3) is 5.91 Å². The van der Waals surface area contributed by atoms with Gasteiger partial charge in [0.1, 0.15) is 5.75 Å². The predicted octanol–water partition coefficient (Wildman–Crippen LogP) is 3.63. The Bertz CT molecular complexity index is 724. The minimum atomic E-state index is -0.519. The number of ether oxygens (including phenoxy) is 2. The van der Waals surface area contributed by atoms with Crippen LogP contribution in [0.2, 0.25) is 0 Å². The fourth-order valence-electron chi connectivity index (χ4n) is 2.96. The highest BCUT2D eigenvalue weighted by Crippen LogP contribution is 2.21. The third kappa shape index (κ3) is 4.55. The van der Waals surface area contributed by atoms with Crippen LogP contribution in [0.3, 0.4) is 0 Å². The predicted molar refractivity (Wildman–Crippen MR) is 104 cm³/mol. The topological polar surface area (TPSA) is 50.8 Å². The van der Waals surface area contributed by atoms with E-state index in [1.54, 1.807) is 0 Å². The second-order valence-electron chi connectivity index (χ2n) is 6.42. The Labute approximate surface area is 154 Å². The molecule has 26 heavy (non-hydrogen) atoms. The Kier molecular flexibility index (Phi) is 6.12. The van der Waals surface area contributed by atoms with E-state index < -0.39 is 6.10 Å². The molecule has 1 fully saturated rings. The van der Waals surface area contributed by atoms with Crippen LogP contribution in [0, 0.1) is 6.92 Å². The number of aryl methyl sites for hydroxylation is 1. The average Bonchev–Trinajstić information content (AvgIpc) is 2.68. The highest BCUT2D eigenvalue weighted by molar-refractivity contribution is 5.94. The van der Waals surface area contributed by atoms with Crippen LogP contribution in [0.25, 0.3) is 0 Å². The molecule has 1 heterocycles. The number of rotatable bonds is 6. The van der Waals surface area contributed by atoms with Gasteiger partial charge in [-0.1, -0.05) is 25.1 Å². The molecular formula is C21H26N2O3. The molecule has 0 unspecified atom stereocenters. The van der Waals surface area contributed by atoms with Gasteiger partial charge in [-0.2, -0.15) is 0 Å². The van der Waals surface area contributed by atoms with Crippen molar-refractivity contribution >= 4 is 17.3 Å². The van der Waals surface area contributed by atoms with Crippen molar-refractivity contribution in [1.29, 1.82) is 0 Å². The Morgan fingerprint density at radius 3 is 2.50 bits per heavy atom. The molecule has 5 nitrogen and oxygen atoms in total. The number of hydrogen-bond acceptors (Lipinski definition) is 4. The molecular weight excluding hydrogens is 328 g/mol. The van der Waals surface area contributed by atoms with Gasteiger partial charge in [-0.25, -0.2) is 0 Å². The molecule has 0 spiro atoms.